The fourth-order valence-electron chi connectivity index (χ4n) is 2.71. The summed E-state index contributed by atoms with van der Waals surface area (Å²) in [5, 5.41) is 3.78. The number of amides is 2. The Labute approximate surface area is 179 Å². The summed E-state index contributed by atoms with van der Waals surface area (Å²) >= 11 is 2.63. The third-order valence-electron chi connectivity index (χ3n) is 4.17. The van der Waals surface area contributed by atoms with Crippen LogP contribution in [0.15, 0.2) is 53.4 Å². The van der Waals surface area contributed by atoms with Crippen LogP contribution in [0.3, 0.4) is 0 Å². The lowest BCUT2D eigenvalue weighted by molar-refractivity contribution is -0.115. The molecule has 2 amide bonds. The Bertz CT molecular complexity index is 1030. The van der Waals surface area contributed by atoms with E-state index in [2.05, 4.69) is 10.3 Å². The van der Waals surface area contributed by atoms with E-state index in [4.69, 9.17) is 0 Å². The molecule has 5 nitrogen and oxygen atoms in total. The number of thioether (sulfide) groups is 1. The molecule has 0 fully saturated rings. The lowest BCUT2D eigenvalue weighted by atomic mass is 10.1. The van der Waals surface area contributed by atoms with Gasteiger partial charge in [0.2, 0.25) is 5.91 Å². The van der Waals surface area contributed by atoms with E-state index in [1.165, 1.54) is 21.8 Å². The second-order valence-corrected chi connectivity index (χ2v) is 9.14. The maximum absolute atomic E-state index is 12.8. The van der Waals surface area contributed by atoms with Crippen molar-refractivity contribution in [2.45, 2.75) is 25.2 Å². The molecule has 2 aromatic carbocycles. The van der Waals surface area contributed by atoms with E-state index in [9.17, 15) is 9.59 Å². The van der Waals surface area contributed by atoms with Gasteiger partial charge < -0.3 is 10.2 Å². The molecule has 0 atom stereocenters. The number of para-hydroxylation sites is 1. The van der Waals surface area contributed by atoms with Crippen LogP contribution in [0.2, 0.25) is 0 Å². The average Bonchev–Trinajstić information content (AvgIpc) is 3.03. The third-order valence-corrected chi connectivity index (χ3v) is 6.26. The third kappa shape index (κ3) is 5.46. The molecule has 0 aliphatic rings. The smallest absolute Gasteiger partial charge is 0.286 e. The molecule has 0 aliphatic carbocycles. The SMILES string of the molecule is Cc1ccc(-c2nc(C)sc2CC(=O)Nc2ccccc2SC(=O)N(C)C)cc1. The summed E-state index contributed by atoms with van der Waals surface area (Å²) in [7, 11) is 3.41. The Hall–Kier alpha value is -2.64. The van der Waals surface area contributed by atoms with Crippen molar-refractivity contribution in [1.29, 1.82) is 0 Å². The molecule has 0 radical (unpaired) electrons. The molecule has 1 heterocycles. The van der Waals surface area contributed by atoms with E-state index >= 15 is 0 Å². The second kappa shape index (κ2) is 9.24. The summed E-state index contributed by atoms with van der Waals surface area (Å²) in [6, 6.07) is 15.5. The van der Waals surface area contributed by atoms with Crippen LogP contribution in [0, 0.1) is 13.8 Å². The fraction of sp³-hybridized carbons (Fsp3) is 0.227. The zero-order valence-electron chi connectivity index (χ0n) is 16.9. The van der Waals surface area contributed by atoms with Gasteiger partial charge in [-0.2, -0.15) is 0 Å². The molecule has 0 spiro atoms. The molecule has 0 unspecified atom stereocenters. The molecule has 0 saturated heterocycles. The molecule has 3 rings (SSSR count). The molecular weight excluding hydrogens is 402 g/mol. The van der Waals surface area contributed by atoms with Crippen molar-refractivity contribution in [3.05, 3.63) is 64.0 Å². The number of anilines is 1. The summed E-state index contributed by atoms with van der Waals surface area (Å²) in [6.45, 7) is 3.99. The lowest BCUT2D eigenvalue weighted by Crippen LogP contribution is -2.17. The first-order valence-corrected chi connectivity index (χ1v) is 10.8. The number of rotatable bonds is 5. The van der Waals surface area contributed by atoms with Crippen molar-refractivity contribution >= 4 is 39.9 Å². The monoisotopic (exact) mass is 425 g/mol. The van der Waals surface area contributed by atoms with Gasteiger partial charge in [-0.15, -0.1) is 11.3 Å². The molecule has 150 valence electrons. The normalized spacial score (nSPS) is 10.6. The van der Waals surface area contributed by atoms with Crippen molar-refractivity contribution in [3.63, 3.8) is 0 Å². The standard InChI is InChI=1S/C22H23N3O2S2/c1-14-9-11-16(12-10-14)21-19(28-15(2)23-21)13-20(26)24-17-7-5-6-8-18(17)29-22(27)25(3)4/h5-12H,13H2,1-4H3,(H,24,26). The van der Waals surface area contributed by atoms with Gasteiger partial charge in [-0.05, 0) is 37.7 Å². The molecule has 29 heavy (non-hydrogen) atoms. The molecule has 1 N–H and O–H groups in total. The van der Waals surface area contributed by atoms with Gasteiger partial charge in [0.1, 0.15) is 0 Å². The summed E-state index contributed by atoms with van der Waals surface area (Å²) < 4.78 is 0. The zero-order valence-corrected chi connectivity index (χ0v) is 18.5. The van der Waals surface area contributed by atoms with E-state index in [0.29, 0.717) is 5.69 Å². The number of hydrogen-bond acceptors (Lipinski definition) is 5. The highest BCUT2D eigenvalue weighted by molar-refractivity contribution is 8.13. The van der Waals surface area contributed by atoms with Crippen molar-refractivity contribution in [2.24, 2.45) is 0 Å². The molecule has 1 aromatic heterocycles. The van der Waals surface area contributed by atoms with Crippen LogP contribution in [0.1, 0.15) is 15.4 Å². The van der Waals surface area contributed by atoms with E-state index < -0.39 is 0 Å². The first kappa shape index (κ1) is 21.1. The number of aryl methyl sites for hydroxylation is 2. The number of nitrogens with one attached hydrogen (secondary N) is 1. The van der Waals surface area contributed by atoms with E-state index in [1.807, 2.05) is 62.4 Å². The van der Waals surface area contributed by atoms with Crippen molar-refractivity contribution in [3.8, 4) is 11.3 Å². The minimum atomic E-state index is -0.132. The van der Waals surface area contributed by atoms with Crippen LogP contribution in [-0.2, 0) is 11.2 Å². The zero-order chi connectivity index (χ0) is 21.0. The average molecular weight is 426 g/mol. The van der Waals surface area contributed by atoms with Gasteiger partial charge >= 0.3 is 0 Å². The van der Waals surface area contributed by atoms with Crippen LogP contribution >= 0.6 is 23.1 Å². The highest BCUT2D eigenvalue weighted by Gasteiger charge is 2.17. The van der Waals surface area contributed by atoms with Crippen LogP contribution in [0.5, 0.6) is 0 Å². The lowest BCUT2D eigenvalue weighted by Gasteiger charge is -2.13. The Kier molecular flexibility index (Phi) is 6.71. The second-order valence-electron chi connectivity index (χ2n) is 6.85. The molecule has 0 saturated carbocycles. The summed E-state index contributed by atoms with van der Waals surface area (Å²) in [5.74, 6) is -0.132. The Morgan fingerprint density at radius 1 is 1.07 bits per heavy atom. The van der Waals surface area contributed by atoms with E-state index in [0.717, 1.165) is 37.8 Å². The number of hydrogen-bond donors (Lipinski definition) is 1. The summed E-state index contributed by atoms with van der Waals surface area (Å²) in [6.07, 6.45) is 0.231. The van der Waals surface area contributed by atoms with Crippen LogP contribution in [0.25, 0.3) is 11.3 Å². The number of carbonyl (C=O) groups excluding carboxylic acids is 2. The largest absolute Gasteiger partial charge is 0.339 e. The maximum Gasteiger partial charge on any atom is 0.286 e. The Morgan fingerprint density at radius 2 is 1.76 bits per heavy atom. The highest BCUT2D eigenvalue weighted by atomic mass is 32.2. The predicted octanol–water partition coefficient (Wildman–Crippen LogP) is 5.38. The van der Waals surface area contributed by atoms with Crippen LogP contribution in [0.4, 0.5) is 10.5 Å². The van der Waals surface area contributed by atoms with Crippen LogP contribution in [-0.4, -0.2) is 35.1 Å². The van der Waals surface area contributed by atoms with Gasteiger partial charge in [0.15, 0.2) is 0 Å². The number of thiazole rings is 1. The fourth-order valence-corrected chi connectivity index (χ4v) is 4.41. The molecular formula is C22H23N3O2S2. The minimum absolute atomic E-state index is 0.0913. The van der Waals surface area contributed by atoms with Crippen molar-refractivity contribution < 1.29 is 9.59 Å². The molecule has 7 heteroatoms. The quantitative estimate of drug-likeness (QED) is 0.557. The van der Waals surface area contributed by atoms with Gasteiger partial charge in [-0.3, -0.25) is 9.59 Å². The van der Waals surface area contributed by atoms with E-state index in [-0.39, 0.29) is 17.6 Å². The predicted molar refractivity (Wildman–Crippen MR) is 121 cm³/mol. The van der Waals surface area contributed by atoms with Gasteiger partial charge in [0.05, 0.1) is 22.8 Å². The first-order chi connectivity index (χ1) is 13.8. The van der Waals surface area contributed by atoms with Gasteiger partial charge in [0, 0.05) is 29.4 Å². The van der Waals surface area contributed by atoms with Crippen LogP contribution < -0.4 is 5.32 Å². The molecule has 3 aromatic rings. The number of carbonyl (C=O) groups is 2. The van der Waals surface area contributed by atoms with Gasteiger partial charge in [0.25, 0.3) is 5.24 Å². The molecule has 0 bridgehead atoms. The molecule has 0 aliphatic heterocycles. The summed E-state index contributed by atoms with van der Waals surface area (Å²) in [4.78, 5) is 32.6. The van der Waals surface area contributed by atoms with Gasteiger partial charge in [-0.1, -0.05) is 42.0 Å². The van der Waals surface area contributed by atoms with E-state index in [1.54, 1.807) is 14.1 Å². The highest BCUT2D eigenvalue weighted by Crippen LogP contribution is 2.31. The minimum Gasteiger partial charge on any atom is -0.339 e. The van der Waals surface area contributed by atoms with Crippen molar-refractivity contribution in [2.75, 3.05) is 19.4 Å². The summed E-state index contributed by atoms with van der Waals surface area (Å²) in [5.41, 5.74) is 3.68. The topological polar surface area (TPSA) is 62.3 Å². The number of aromatic nitrogens is 1. The number of nitrogens with zero attached hydrogens (tertiary/aromatic N) is 2. The Balaban J connectivity index is 1.77. The van der Waals surface area contributed by atoms with Crippen molar-refractivity contribution in [1.82, 2.24) is 9.88 Å². The number of benzene rings is 2. The maximum atomic E-state index is 12.8. The Morgan fingerprint density at radius 3 is 2.45 bits per heavy atom. The first-order valence-electron chi connectivity index (χ1n) is 9.15. The van der Waals surface area contributed by atoms with Gasteiger partial charge in [-0.25, -0.2) is 4.98 Å².